The molecule has 4 rings (SSSR count). The standard InChI is InChI=1S/C19H21N3O5S/c1-2-25-15-9-7-14(8-10-15)22-28(23,24)17-12-11-16(26-17)19-21-20-18(27-19)13-5-3-4-6-13/h7-13,22H,2-6H2,1H3. The van der Waals surface area contributed by atoms with Gasteiger partial charge in [0.2, 0.25) is 11.0 Å². The normalized spacial score (nSPS) is 15.0. The van der Waals surface area contributed by atoms with Crippen LogP contribution in [0.25, 0.3) is 11.7 Å². The van der Waals surface area contributed by atoms with Crippen molar-refractivity contribution in [3.63, 3.8) is 0 Å². The molecule has 0 radical (unpaired) electrons. The fourth-order valence-electron chi connectivity index (χ4n) is 3.24. The van der Waals surface area contributed by atoms with Gasteiger partial charge in [-0.1, -0.05) is 12.8 Å². The van der Waals surface area contributed by atoms with Crippen molar-refractivity contribution in [2.24, 2.45) is 0 Å². The van der Waals surface area contributed by atoms with Gasteiger partial charge in [-0.05, 0) is 56.2 Å². The molecule has 148 valence electrons. The summed E-state index contributed by atoms with van der Waals surface area (Å²) < 4.78 is 44.1. The van der Waals surface area contributed by atoms with E-state index in [1.807, 2.05) is 6.92 Å². The van der Waals surface area contributed by atoms with Crippen LogP contribution in [-0.2, 0) is 10.0 Å². The smallest absolute Gasteiger partial charge is 0.295 e. The van der Waals surface area contributed by atoms with Crippen molar-refractivity contribution in [2.75, 3.05) is 11.3 Å². The molecule has 0 unspecified atom stereocenters. The minimum atomic E-state index is -3.88. The average Bonchev–Trinajstić information content (AvgIpc) is 3.43. The molecule has 1 aromatic carbocycles. The van der Waals surface area contributed by atoms with Gasteiger partial charge in [0.05, 0.1) is 6.61 Å². The number of anilines is 1. The Hall–Kier alpha value is -2.81. The van der Waals surface area contributed by atoms with Gasteiger partial charge >= 0.3 is 0 Å². The molecular formula is C19H21N3O5S. The lowest BCUT2D eigenvalue weighted by molar-refractivity contribution is 0.340. The highest BCUT2D eigenvalue weighted by molar-refractivity contribution is 7.92. The van der Waals surface area contributed by atoms with Gasteiger partial charge in [0.15, 0.2) is 5.76 Å². The van der Waals surface area contributed by atoms with E-state index in [1.54, 1.807) is 24.3 Å². The van der Waals surface area contributed by atoms with E-state index >= 15 is 0 Å². The Balaban J connectivity index is 1.49. The monoisotopic (exact) mass is 403 g/mol. The molecule has 0 spiro atoms. The van der Waals surface area contributed by atoms with Crippen molar-refractivity contribution in [1.29, 1.82) is 0 Å². The minimum Gasteiger partial charge on any atom is -0.494 e. The topological polar surface area (TPSA) is 107 Å². The van der Waals surface area contributed by atoms with Crippen molar-refractivity contribution in [3.05, 3.63) is 42.3 Å². The predicted octanol–water partition coefficient (Wildman–Crippen LogP) is 4.19. The SMILES string of the molecule is CCOc1ccc(NS(=O)(=O)c2ccc(-c3nnc(C4CCCC4)o3)o2)cc1. The quantitative estimate of drug-likeness (QED) is 0.630. The fraction of sp³-hybridized carbons (Fsp3) is 0.368. The molecule has 8 nitrogen and oxygen atoms in total. The maximum atomic E-state index is 12.6. The first kappa shape index (κ1) is 18.5. The highest BCUT2D eigenvalue weighted by Crippen LogP contribution is 2.35. The fourth-order valence-corrected chi connectivity index (χ4v) is 4.24. The van der Waals surface area contributed by atoms with Gasteiger partial charge in [0.25, 0.3) is 15.9 Å². The zero-order valence-electron chi connectivity index (χ0n) is 15.4. The van der Waals surface area contributed by atoms with E-state index < -0.39 is 10.0 Å². The average molecular weight is 403 g/mol. The Morgan fingerprint density at radius 3 is 2.54 bits per heavy atom. The molecule has 2 heterocycles. The third-order valence-corrected chi connectivity index (χ3v) is 5.87. The lowest BCUT2D eigenvalue weighted by atomic mass is 10.1. The number of hydrogen-bond donors (Lipinski definition) is 1. The van der Waals surface area contributed by atoms with Crippen molar-refractivity contribution in [3.8, 4) is 17.4 Å². The summed E-state index contributed by atoms with van der Waals surface area (Å²) in [5, 5.41) is 7.86. The summed E-state index contributed by atoms with van der Waals surface area (Å²) in [5.74, 6) is 1.94. The molecule has 1 N–H and O–H groups in total. The molecule has 2 aromatic heterocycles. The molecule has 1 saturated carbocycles. The van der Waals surface area contributed by atoms with Gasteiger partial charge in [-0.2, -0.15) is 8.42 Å². The van der Waals surface area contributed by atoms with E-state index in [0.717, 1.165) is 25.7 Å². The Labute approximate surface area is 163 Å². The molecule has 28 heavy (non-hydrogen) atoms. The zero-order chi connectivity index (χ0) is 19.6. The zero-order valence-corrected chi connectivity index (χ0v) is 16.2. The first-order valence-electron chi connectivity index (χ1n) is 9.24. The highest BCUT2D eigenvalue weighted by atomic mass is 32.2. The van der Waals surface area contributed by atoms with Crippen LogP contribution in [0.2, 0.25) is 0 Å². The molecule has 0 aliphatic heterocycles. The maximum absolute atomic E-state index is 12.6. The van der Waals surface area contributed by atoms with Crippen LogP contribution >= 0.6 is 0 Å². The summed E-state index contributed by atoms with van der Waals surface area (Å²) in [4.78, 5) is 0. The first-order valence-corrected chi connectivity index (χ1v) is 10.7. The second-order valence-corrected chi connectivity index (χ2v) is 8.22. The third kappa shape index (κ3) is 3.89. The molecule has 1 fully saturated rings. The third-order valence-electron chi connectivity index (χ3n) is 4.62. The Morgan fingerprint density at radius 1 is 1.07 bits per heavy atom. The van der Waals surface area contributed by atoms with E-state index in [4.69, 9.17) is 13.6 Å². The summed E-state index contributed by atoms with van der Waals surface area (Å²) in [6.45, 7) is 2.42. The molecule has 1 aliphatic rings. The van der Waals surface area contributed by atoms with Crippen LogP contribution in [-0.4, -0.2) is 25.2 Å². The van der Waals surface area contributed by atoms with Gasteiger partial charge in [-0.25, -0.2) is 0 Å². The molecule has 0 atom stereocenters. The number of nitrogens with one attached hydrogen (secondary N) is 1. The number of furan rings is 1. The summed E-state index contributed by atoms with van der Waals surface area (Å²) >= 11 is 0. The van der Waals surface area contributed by atoms with Crippen molar-refractivity contribution >= 4 is 15.7 Å². The Kier molecular flexibility index (Phi) is 5.08. The molecule has 1 aliphatic carbocycles. The van der Waals surface area contributed by atoms with E-state index in [0.29, 0.717) is 23.9 Å². The van der Waals surface area contributed by atoms with Crippen molar-refractivity contribution < 1.29 is 22.0 Å². The van der Waals surface area contributed by atoms with Gasteiger partial charge in [-0.3, -0.25) is 4.72 Å². The number of sulfonamides is 1. The maximum Gasteiger partial charge on any atom is 0.295 e. The van der Waals surface area contributed by atoms with Crippen LogP contribution < -0.4 is 9.46 Å². The van der Waals surface area contributed by atoms with E-state index in [1.165, 1.54) is 12.1 Å². The second kappa shape index (κ2) is 7.67. The first-order chi connectivity index (χ1) is 13.5. The van der Waals surface area contributed by atoms with Crippen molar-refractivity contribution in [2.45, 2.75) is 43.6 Å². The number of benzene rings is 1. The van der Waals surface area contributed by atoms with E-state index in [-0.39, 0.29) is 22.7 Å². The number of rotatable bonds is 7. The van der Waals surface area contributed by atoms with E-state index in [2.05, 4.69) is 14.9 Å². The van der Waals surface area contributed by atoms with Gasteiger partial charge in [-0.15, -0.1) is 10.2 Å². The van der Waals surface area contributed by atoms with E-state index in [9.17, 15) is 8.42 Å². The van der Waals surface area contributed by atoms with Crippen molar-refractivity contribution in [1.82, 2.24) is 10.2 Å². The van der Waals surface area contributed by atoms with Crippen LogP contribution in [0.3, 0.4) is 0 Å². The summed E-state index contributed by atoms with van der Waals surface area (Å²) in [6, 6.07) is 9.51. The lowest BCUT2D eigenvalue weighted by Gasteiger charge is -2.07. The lowest BCUT2D eigenvalue weighted by Crippen LogP contribution is -2.11. The Bertz CT molecular complexity index is 1030. The van der Waals surface area contributed by atoms with Gasteiger partial charge < -0.3 is 13.6 Å². The predicted molar refractivity (Wildman–Crippen MR) is 102 cm³/mol. The molecule has 9 heteroatoms. The van der Waals surface area contributed by atoms with Crippen LogP contribution in [0.5, 0.6) is 5.75 Å². The summed E-state index contributed by atoms with van der Waals surface area (Å²) in [7, 11) is -3.88. The minimum absolute atomic E-state index is 0.185. The van der Waals surface area contributed by atoms with Gasteiger partial charge in [0, 0.05) is 11.6 Å². The molecule has 0 saturated heterocycles. The van der Waals surface area contributed by atoms with Crippen LogP contribution in [0.4, 0.5) is 5.69 Å². The summed E-state index contributed by atoms with van der Waals surface area (Å²) in [5.41, 5.74) is 0.405. The Morgan fingerprint density at radius 2 is 1.82 bits per heavy atom. The van der Waals surface area contributed by atoms with Crippen LogP contribution in [0.15, 0.2) is 50.3 Å². The number of ether oxygens (including phenoxy) is 1. The number of nitrogens with zero attached hydrogens (tertiary/aromatic N) is 2. The van der Waals surface area contributed by atoms with Gasteiger partial charge in [0.1, 0.15) is 5.75 Å². The largest absolute Gasteiger partial charge is 0.494 e. The summed E-state index contributed by atoms with van der Waals surface area (Å²) in [6.07, 6.45) is 4.38. The molecule has 0 amide bonds. The number of aromatic nitrogens is 2. The molecular weight excluding hydrogens is 382 g/mol. The highest BCUT2D eigenvalue weighted by Gasteiger charge is 2.25. The second-order valence-electron chi connectivity index (χ2n) is 6.61. The molecule has 0 bridgehead atoms. The number of hydrogen-bond acceptors (Lipinski definition) is 7. The molecule has 3 aromatic rings. The van der Waals surface area contributed by atoms with Crippen LogP contribution in [0.1, 0.15) is 44.4 Å². The van der Waals surface area contributed by atoms with Crippen LogP contribution in [0, 0.1) is 0 Å².